The summed E-state index contributed by atoms with van der Waals surface area (Å²) in [7, 11) is 0. The zero-order chi connectivity index (χ0) is 14.8. The number of hydrogen-bond acceptors (Lipinski definition) is 2. The molecular formula is C14H14F3NO. The molecule has 19 heavy (non-hydrogen) atoms. The molecule has 102 valence electrons. The summed E-state index contributed by atoms with van der Waals surface area (Å²) in [6, 6.07) is 5.04. The van der Waals surface area contributed by atoms with Gasteiger partial charge in [-0.1, -0.05) is 17.7 Å². The van der Waals surface area contributed by atoms with E-state index < -0.39 is 17.9 Å². The number of aliphatic hydroxyl groups excluding tert-OH is 1. The summed E-state index contributed by atoms with van der Waals surface area (Å²) in [6.45, 7) is 5.38. The minimum absolute atomic E-state index is 0.533. The molecule has 0 saturated carbocycles. The molecule has 5 heteroatoms. The van der Waals surface area contributed by atoms with Crippen LogP contribution in [0.1, 0.15) is 22.3 Å². The highest BCUT2D eigenvalue weighted by Gasteiger charge is 2.41. The molecule has 2 nitrogen and oxygen atoms in total. The maximum Gasteiger partial charge on any atom is 0.419 e. The van der Waals surface area contributed by atoms with E-state index in [0.29, 0.717) is 5.56 Å². The second kappa shape index (κ2) is 5.45. The smallest absolute Gasteiger partial charge is 0.379 e. The van der Waals surface area contributed by atoms with E-state index in [-0.39, 0.29) is 0 Å². The van der Waals surface area contributed by atoms with Crippen LogP contribution in [-0.2, 0) is 0 Å². The number of hydrogen-bond donors (Lipinski definition) is 1. The van der Waals surface area contributed by atoms with Gasteiger partial charge in [0.2, 0.25) is 0 Å². The Kier molecular flexibility index (Phi) is 4.38. The molecule has 0 heterocycles. The summed E-state index contributed by atoms with van der Waals surface area (Å²) < 4.78 is 37.2. The van der Waals surface area contributed by atoms with Gasteiger partial charge in [0.25, 0.3) is 0 Å². The molecule has 0 spiro atoms. The lowest BCUT2D eigenvalue weighted by atomic mass is 9.96. The van der Waals surface area contributed by atoms with Gasteiger partial charge in [-0.15, -0.1) is 0 Å². The molecule has 1 aromatic rings. The summed E-state index contributed by atoms with van der Waals surface area (Å²) in [5, 5.41) is 17.9. The van der Waals surface area contributed by atoms with E-state index >= 15 is 0 Å². The van der Waals surface area contributed by atoms with E-state index in [1.807, 2.05) is 19.1 Å². The Morgan fingerprint density at radius 1 is 1.26 bits per heavy atom. The Morgan fingerprint density at radius 3 is 2.11 bits per heavy atom. The van der Waals surface area contributed by atoms with Gasteiger partial charge in [0.1, 0.15) is 0 Å². The molecule has 1 atom stereocenters. The zero-order valence-electron chi connectivity index (χ0n) is 10.8. The molecule has 0 radical (unpaired) electrons. The van der Waals surface area contributed by atoms with Crippen LogP contribution >= 0.6 is 0 Å². The van der Waals surface area contributed by atoms with Gasteiger partial charge in [-0.25, -0.2) is 0 Å². The van der Waals surface area contributed by atoms with Crippen molar-refractivity contribution in [2.75, 3.05) is 0 Å². The number of nitriles is 1. The van der Waals surface area contributed by atoms with E-state index in [1.165, 1.54) is 6.07 Å². The Bertz CT molecular complexity index is 530. The van der Waals surface area contributed by atoms with E-state index in [4.69, 9.17) is 10.4 Å². The highest BCUT2D eigenvalue weighted by molar-refractivity contribution is 5.64. The number of benzene rings is 1. The van der Waals surface area contributed by atoms with E-state index in [9.17, 15) is 13.2 Å². The SMILES string of the molecule is Cc1cc(C)c(/C=C(\C#N)C(O)C(F)(F)F)c(C)c1. The number of aliphatic hydroxyl groups is 1. The normalized spacial score (nSPS) is 14.1. The number of halogens is 3. The predicted octanol–water partition coefficient (Wildman–Crippen LogP) is 3.44. The summed E-state index contributed by atoms with van der Waals surface area (Å²) in [4.78, 5) is 0. The molecule has 1 N–H and O–H groups in total. The third-order valence-corrected chi connectivity index (χ3v) is 2.77. The summed E-state index contributed by atoms with van der Waals surface area (Å²) in [5.74, 6) is 0. The van der Waals surface area contributed by atoms with Gasteiger partial charge < -0.3 is 5.11 Å². The maximum absolute atomic E-state index is 12.4. The van der Waals surface area contributed by atoms with Crippen LogP contribution in [-0.4, -0.2) is 17.4 Å². The van der Waals surface area contributed by atoms with Crippen molar-refractivity contribution >= 4 is 6.08 Å². The zero-order valence-corrected chi connectivity index (χ0v) is 10.8. The molecular weight excluding hydrogens is 255 g/mol. The van der Waals surface area contributed by atoms with Crippen molar-refractivity contribution in [2.45, 2.75) is 33.1 Å². The Morgan fingerprint density at radius 2 is 1.74 bits per heavy atom. The molecule has 1 rings (SSSR count). The fourth-order valence-corrected chi connectivity index (χ4v) is 1.92. The van der Waals surface area contributed by atoms with Crippen molar-refractivity contribution in [3.8, 4) is 6.07 Å². The van der Waals surface area contributed by atoms with Crippen LogP contribution in [0.3, 0.4) is 0 Å². The van der Waals surface area contributed by atoms with E-state index in [2.05, 4.69) is 0 Å². The van der Waals surface area contributed by atoms with Crippen LogP contribution in [0, 0.1) is 32.1 Å². The van der Waals surface area contributed by atoms with Gasteiger partial charge in [-0.3, -0.25) is 0 Å². The lowest BCUT2D eigenvalue weighted by molar-refractivity contribution is -0.189. The minimum Gasteiger partial charge on any atom is -0.379 e. The van der Waals surface area contributed by atoms with Crippen molar-refractivity contribution in [2.24, 2.45) is 0 Å². The van der Waals surface area contributed by atoms with E-state index in [0.717, 1.165) is 22.8 Å². The quantitative estimate of drug-likeness (QED) is 0.836. The second-order valence-corrected chi connectivity index (χ2v) is 4.47. The number of alkyl halides is 3. The van der Waals surface area contributed by atoms with Gasteiger partial charge in [0.15, 0.2) is 6.10 Å². The first-order chi connectivity index (χ1) is 8.66. The standard InChI is InChI=1S/C14H14F3NO/c1-8-4-9(2)12(10(3)5-8)6-11(7-18)13(19)14(15,16)17/h4-6,13,19H,1-3H3/b11-6+. The second-order valence-electron chi connectivity index (χ2n) is 4.47. The highest BCUT2D eigenvalue weighted by Crippen LogP contribution is 2.28. The molecule has 1 aromatic carbocycles. The third-order valence-electron chi connectivity index (χ3n) is 2.77. The number of aryl methyl sites for hydroxylation is 3. The summed E-state index contributed by atoms with van der Waals surface area (Å²) in [6.07, 6.45) is -6.49. The fraction of sp³-hybridized carbons (Fsp3) is 0.357. The Balaban J connectivity index is 3.32. The topological polar surface area (TPSA) is 44.0 Å². The van der Waals surface area contributed by atoms with Crippen molar-refractivity contribution in [1.82, 2.24) is 0 Å². The molecule has 0 aromatic heterocycles. The average molecular weight is 269 g/mol. The first-order valence-electron chi connectivity index (χ1n) is 5.61. The molecule has 0 aliphatic rings. The number of rotatable bonds is 2. The lowest BCUT2D eigenvalue weighted by Gasteiger charge is -2.14. The first kappa shape index (κ1) is 15.3. The van der Waals surface area contributed by atoms with Crippen molar-refractivity contribution in [1.29, 1.82) is 5.26 Å². The minimum atomic E-state index is -4.84. The average Bonchev–Trinajstić information content (AvgIpc) is 2.26. The van der Waals surface area contributed by atoms with Gasteiger partial charge in [0.05, 0.1) is 11.6 Å². The monoisotopic (exact) mass is 269 g/mol. The van der Waals surface area contributed by atoms with Crippen LogP contribution in [0.4, 0.5) is 13.2 Å². The van der Waals surface area contributed by atoms with Crippen LogP contribution in [0.2, 0.25) is 0 Å². The van der Waals surface area contributed by atoms with Gasteiger partial charge >= 0.3 is 6.18 Å². The van der Waals surface area contributed by atoms with Crippen molar-refractivity contribution in [3.05, 3.63) is 40.0 Å². The predicted molar refractivity (Wildman–Crippen MR) is 66.3 cm³/mol. The molecule has 1 unspecified atom stereocenters. The van der Waals surface area contributed by atoms with Crippen molar-refractivity contribution < 1.29 is 18.3 Å². The maximum atomic E-state index is 12.4. The van der Waals surface area contributed by atoms with Crippen molar-refractivity contribution in [3.63, 3.8) is 0 Å². The van der Waals surface area contributed by atoms with Crippen LogP contribution in [0.15, 0.2) is 17.7 Å². The van der Waals surface area contributed by atoms with Gasteiger partial charge in [0, 0.05) is 0 Å². The molecule has 0 fully saturated rings. The molecule has 0 saturated heterocycles. The summed E-state index contributed by atoms with van der Waals surface area (Å²) >= 11 is 0. The van der Waals surface area contributed by atoms with Crippen LogP contribution in [0.5, 0.6) is 0 Å². The summed E-state index contributed by atoms with van der Waals surface area (Å²) in [5.41, 5.74) is 2.34. The van der Waals surface area contributed by atoms with E-state index in [1.54, 1.807) is 13.8 Å². The largest absolute Gasteiger partial charge is 0.419 e. The Labute approximate surface area is 109 Å². The van der Waals surface area contributed by atoms with Crippen LogP contribution in [0.25, 0.3) is 6.08 Å². The molecule has 0 bridgehead atoms. The molecule has 0 aliphatic carbocycles. The van der Waals surface area contributed by atoms with Gasteiger partial charge in [-0.05, 0) is 43.5 Å². The highest BCUT2D eigenvalue weighted by atomic mass is 19.4. The Hall–Kier alpha value is -1.80. The number of nitrogens with zero attached hydrogens (tertiary/aromatic N) is 1. The lowest BCUT2D eigenvalue weighted by Crippen LogP contribution is -2.29. The first-order valence-corrected chi connectivity index (χ1v) is 5.61. The molecule has 0 aliphatic heterocycles. The van der Waals surface area contributed by atoms with Gasteiger partial charge in [-0.2, -0.15) is 18.4 Å². The third kappa shape index (κ3) is 3.58. The van der Waals surface area contributed by atoms with Crippen LogP contribution < -0.4 is 0 Å². The fourth-order valence-electron chi connectivity index (χ4n) is 1.92. The molecule has 0 amide bonds.